The number of hydrogen-bond acceptors (Lipinski definition) is 1. The van der Waals surface area contributed by atoms with Crippen molar-refractivity contribution in [2.24, 2.45) is 7.05 Å². The van der Waals surface area contributed by atoms with Gasteiger partial charge in [0, 0.05) is 28.2 Å². The molecule has 2 aromatic heterocycles. The van der Waals surface area contributed by atoms with Crippen molar-refractivity contribution in [3.05, 3.63) is 60.3 Å². The van der Waals surface area contributed by atoms with Gasteiger partial charge in [-0.2, -0.15) is 0 Å². The van der Waals surface area contributed by atoms with Crippen molar-refractivity contribution in [3.63, 3.8) is 0 Å². The largest absolute Gasteiger partial charge is 0.346 e. The van der Waals surface area contributed by atoms with Crippen LogP contribution in [-0.2, 0) is 7.05 Å². The number of fused-ring (bicyclic) bond motifs is 3. The average molecular weight is 277 g/mol. The van der Waals surface area contributed by atoms with Gasteiger partial charge in [-0.1, -0.05) is 48.5 Å². The minimum Gasteiger partial charge on any atom is -0.346 e. The Balaban J connectivity index is 2.19. The summed E-state index contributed by atoms with van der Waals surface area (Å²) in [5.41, 5.74) is 3.97. The molecule has 0 spiro atoms. The summed E-state index contributed by atoms with van der Waals surface area (Å²) in [5, 5.41) is 2.79. The van der Waals surface area contributed by atoms with E-state index >= 15 is 0 Å². The number of aryl methyl sites for hydroxylation is 1. The van der Waals surface area contributed by atoms with Crippen LogP contribution in [0.15, 0.2) is 54.6 Å². The second-order valence-electron chi connectivity index (χ2n) is 5.16. The molecule has 0 aliphatic heterocycles. The molecule has 4 aromatic rings. The van der Waals surface area contributed by atoms with Gasteiger partial charge in [-0.3, -0.25) is 0 Å². The highest BCUT2D eigenvalue weighted by Crippen LogP contribution is 2.42. The SMILES string of the molecule is Cc1c2c(sc3ccccc32)c(-c2ccccc2)n1C. The Kier molecular flexibility index (Phi) is 2.48. The van der Waals surface area contributed by atoms with Crippen molar-refractivity contribution in [2.75, 3.05) is 0 Å². The fourth-order valence-electron chi connectivity index (χ4n) is 2.98. The van der Waals surface area contributed by atoms with E-state index in [0.717, 1.165) is 0 Å². The highest BCUT2D eigenvalue weighted by atomic mass is 32.1. The lowest BCUT2D eigenvalue weighted by Crippen LogP contribution is -1.93. The monoisotopic (exact) mass is 277 g/mol. The van der Waals surface area contributed by atoms with Gasteiger partial charge < -0.3 is 4.57 Å². The minimum atomic E-state index is 1.29. The number of thiophene rings is 1. The van der Waals surface area contributed by atoms with Crippen LogP contribution in [0, 0.1) is 6.92 Å². The van der Waals surface area contributed by atoms with Crippen molar-refractivity contribution in [2.45, 2.75) is 6.92 Å². The van der Waals surface area contributed by atoms with E-state index in [1.54, 1.807) is 0 Å². The maximum Gasteiger partial charge on any atom is 0.0661 e. The molecule has 1 nitrogen and oxygen atoms in total. The summed E-state index contributed by atoms with van der Waals surface area (Å²) in [6.45, 7) is 2.22. The summed E-state index contributed by atoms with van der Waals surface area (Å²) in [7, 11) is 2.17. The van der Waals surface area contributed by atoms with Crippen LogP contribution in [0.1, 0.15) is 5.69 Å². The fourth-order valence-corrected chi connectivity index (χ4v) is 4.34. The fraction of sp³-hybridized carbons (Fsp3) is 0.111. The lowest BCUT2D eigenvalue weighted by Gasteiger charge is -2.05. The van der Waals surface area contributed by atoms with Gasteiger partial charge in [-0.15, -0.1) is 11.3 Å². The van der Waals surface area contributed by atoms with Crippen LogP contribution in [0.5, 0.6) is 0 Å². The van der Waals surface area contributed by atoms with Gasteiger partial charge in [-0.05, 0) is 18.6 Å². The van der Waals surface area contributed by atoms with Gasteiger partial charge >= 0.3 is 0 Å². The van der Waals surface area contributed by atoms with Crippen LogP contribution in [0.4, 0.5) is 0 Å². The lowest BCUT2D eigenvalue weighted by molar-refractivity contribution is 0.898. The first-order valence-corrected chi connectivity index (χ1v) is 7.61. The Morgan fingerprint density at radius 2 is 1.60 bits per heavy atom. The van der Waals surface area contributed by atoms with Gasteiger partial charge in [-0.25, -0.2) is 0 Å². The Morgan fingerprint density at radius 3 is 2.40 bits per heavy atom. The number of nitrogens with zero attached hydrogens (tertiary/aromatic N) is 1. The first-order valence-electron chi connectivity index (χ1n) is 6.79. The molecule has 20 heavy (non-hydrogen) atoms. The Bertz CT molecular complexity index is 913. The summed E-state index contributed by atoms with van der Waals surface area (Å²) >= 11 is 1.90. The zero-order valence-electron chi connectivity index (χ0n) is 11.6. The topological polar surface area (TPSA) is 4.93 Å². The molecule has 0 aliphatic rings. The molecule has 0 unspecified atom stereocenters. The van der Waals surface area contributed by atoms with Crippen molar-refractivity contribution in [1.82, 2.24) is 4.57 Å². The van der Waals surface area contributed by atoms with Crippen LogP contribution in [0.2, 0.25) is 0 Å². The summed E-state index contributed by atoms with van der Waals surface area (Å²) in [5.74, 6) is 0. The third-order valence-corrected chi connectivity index (χ3v) is 5.24. The van der Waals surface area contributed by atoms with E-state index < -0.39 is 0 Å². The number of benzene rings is 2. The normalized spacial score (nSPS) is 11.5. The lowest BCUT2D eigenvalue weighted by atomic mass is 10.1. The maximum absolute atomic E-state index is 2.32. The first kappa shape index (κ1) is 11.7. The van der Waals surface area contributed by atoms with Crippen molar-refractivity contribution >= 4 is 31.5 Å². The van der Waals surface area contributed by atoms with Crippen LogP contribution < -0.4 is 0 Å². The van der Waals surface area contributed by atoms with Gasteiger partial charge in [0.05, 0.1) is 10.4 Å². The van der Waals surface area contributed by atoms with E-state index in [2.05, 4.69) is 73.1 Å². The second kappa shape index (κ2) is 4.22. The minimum absolute atomic E-state index is 1.29. The molecule has 2 heteroatoms. The molecule has 2 heterocycles. The van der Waals surface area contributed by atoms with E-state index in [0.29, 0.717) is 0 Å². The van der Waals surface area contributed by atoms with Gasteiger partial charge in [0.15, 0.2) is 0 Å². The third kappa shape index (κ3) is 1.49. The molecule has 0 fully saturated rings. The van der Waals surface area contributed by atoms with Crippen molar-refractivity contribution in [1.29, 1.82) is 0 Å². The van der Waals surface area contributed by atoms with E-state index in [1.807, 2.05) is 11.3 Å². The molecular formula is C18H15NS. The highest BCUT2D eigenvalue weighted by molar-refractivity contribution is 7.26. The smallest absolute Gasteiger partial charge is 0.0661 e. The number of rotatable bonds is 1. The number of aromatic nitrogens is 1. The zero-order chi connectivity index (χ0) is 13.7. The molecule has 0 amide bonds. The molecule has 0 N–H and O–H groups in total. The molecule has 4 rings (SSSR count). The number of hydrogen-bond donors (Lipinski definition) is 0. The van der Waals surface area contributed by atoms with Crippen LogP contribution in [0.3, 0.4) is 0 Å². The van der Waals surface area contributed by atoms with Crippen LogP contribution >= 0.6 is 11.3 Å². The third-order valence-electron chi connectivity index (χ3n) is 4.06. The second-order valence-corrected chi connectivity index (χ2v) is 6.21. The van der Waals surface area contributed by atoms with E-state index in [9.17, 15) is 0 Å². The molecular weight excluding hydrogens is 262 g/mol. The van der Waals surface area contributed by atoms with E-state index in [-0.39, 0.29) is 0 Å². The molecule has 0 aliphatic carbocycles. The van der Waals surface area contributed by atoms with E-state index in [1.165, 1.54) is 37.1 Å². The van der Waals surface area contributed by atoms with Gasteiger partial charge in [0.1, 0.15) is 0 Å². The maximum atomic E-state index is 2.32. The Morgan fingerprint density at radius 1 is 0.900 bits per heavy atom. The average Bonchev–Trinajstić information content (AvgIpc) is 2.96. The standard InChI is InChI=1S/C18H15NS/c1-12-16-14-10-6-7-11-15(14)20-18(16)17(19(12)2)13-8-4-3-5-9-13/h3-11H,1-2H3. The summed E-state index contributed by atoms with van der Waals surface area (Å²) in [6, 6.07) is 19.4. The molecule has 0 saturated carbocycles. The van der Waals surface area contributed by atoms with Crippen LogP contribution in [-0.4, -0.2) is 4.57 Å². The summed E-state index contributed by atoms with van der Waals surface area (Å²) < 4.78 is 5.10. The van der Waals surface area contributed by atoms with Gasteiger partial charge in [0.25, 0.3) is 0 Å². The predicted molar refractivity (Wildman–Crippen MR) is 88.5 cm³/mol. The molecule has 0 bridgehead atoms. The highest BCUT2D eigenvalue weighted by Gasteiger charge is 2.17. The zero-order valence-corrected chi connectivity index (χ0v) is 12.4. The molecule has 0 atom stereocenters. The molecule has 0 radical (unpaired) electrons. The quantitative estimate of drug-likeness (QED) is 0.441. The first-order chi connectivity index (χ1) is 9.77. The molecule has 98 valence electrons. The Hall–Kier alpha value is -2.06. The van der Waals surface area contributed by atoms with Crippen molar-refractivity contribution in [3.8, 4) is 11.3 Å². The van der Waals surface area contributed by atoms with Gasteiger partial charge in [0.2, 0.25) is 0 Å². The molecule has 0 saturated heterocycles. The predicted octanol–water partition coefficient (Wildman–Crippen LogP) is 5.37. The summed E-state index contributed by atoms with van der Waals surface area (Å²) in [4.78, 5) is 0. The van der Waals surface area contributed by atoms with E-state index in [4.69, 9.17) is 0 Å². The Labute approximate surface area is 122 Å². The molecule has 2 aromatic carbocycles. The van der Waals surface area contributed by atoms with Crippen LogP contribution in [0.25, 0.3) is 31.4 Å². The summed E-state index contributed by atoms with van der Waals surface area (Å²) in [6.07, 6.45) is 0. The van der Waals surface area contributed by atoms with Crippen molar-refractivity contribution < 1.29 is 0 Å².